The summed E-state index contributed by atoms with van der Waals surface area (Å²) in [5.41, 5.74) is 3.12. The monoisotopic (exact) mass is 412 g/mol. The zero-order chi connectivity index (χ0) is 17.9. The second kappa shape index (κ2) is 7.43. The van der Waals surface area contributed by atoms with E-state index < -0.39 is 5.97 Å². The number of benzene rings is 2. The van der Waals surface area contributed by atoms with E-state index in [2.05, 4.69) is 38.0 Å². The molecule has 2 aromatic rings. The third-order valence-corrected chi connectivity index (χ3v) is 4.99. The molecule has 0 aliphatic carbocycles. The molecule has 0 radical (unpaired) electrons. The largest absolute Gasteiger partial charge is 0.402 e. The van der Waals surface area contributed by atoms with E-state index in [1.165, 1.54) is 0 Å². The molecule has 0 amide bonds. The summed E-state index contributed by atoms with van der Waals surface area (Å²) in [5.74, 6) is -0.119. The van der Waals surface area contributed by atoms with Crippen LogP contribution in [0.15, 0.2) is 63.7 Å². The molecule has 2 aromatic carbocycles. The van der Waals surface area contributed by atoms with Crippen molar-refractivity contribution in [2.45, 2.75) is 0 Å². The third-order valence-electron chi connectivity index (χ3n) is 4.30. The fraction of sp³-hybridized carbons (Fsp3) is 0.200. The summed E-state index contributed by atoms with van der Waals surface area (Å²) in [4.78, 5) is 18.8. The smallest absolute Gasteiger partial charge is 0.363 e. The molecule has 0 aromatic heterocycles. The van der Waals surface area contributed by atoms with Crippen molar-refractivity contribution in [3.63, 3.8) is 0 Å². The first-order chi connectivity index (χ1) is 12.7. The molecule has 0 N–H and O–H groups in total. The number of hydrogen-bond acceptors (Lipinski definition) is 5. The molecule has 26 heavy (non-hydrogen) atoms. The summed E-state index contributed by atoms with van der Waals surface area (Å²) in [6.45, 7) is 3.30. The van der Waals surface area contributed by atoms with Crippen molar-refractivity contribution in [2.75, 3.05) is 31.2 Å². The van der Waals surface area contributed by atoms with Crippen molar-refractivity contribution in [3.8, 4) is 0 Å². The molecule has 6 heteroatoms. The van der Waals surface area contributed by atoms with Crippen molar-refractivity contribution < 1.29 is 14.3 Å². The van der Waals surface area contributed by atoms with Crippen molar-refractivity contribution in [2.24, 2.45) is 4.99 Å². The molecular weight excluding hydrogens is 396 g/mol. The number of esters is 1. The van der Waals surface area contributed by atoms with Gasteiger partial charge in [-0.15, -0.1) is 0 Å². The van der Waals surface area contributed by atoms with E-state index in [1.54, 1.807) is 6.08 Å². The fourth-order valence-corrected chi connectivity index (χ4v) is 3.37. The van der Waals surface area contributed by atoms with Gasteiger partial charge < -0.3 is 14.4 Å². The minimum atomic E-state index is -0.437. The van der Waals surface area contributed by atoms with Gasteiger partial charge in [0.2, 0.25) is 5.90 Å². The number of nitrogens with zero attached hydrogens (tertiary/aromatic N) is 2. The highest BCUT2D eigenvalue weighted by atomic mass is 79.9. The molecular formula is C20H17BrN2O3. The minimum Gasteiger partial charge on any atom is -0.402 e. The molecule has 1 saturated heterocycles. The summed E-state index contributed by atoms with van der Waals surface area (Å²) in [5, 5.41) is 0. The highest BCUT2D eigenvalue weighted by Crippen LogP contribution is 2.24. The molecule has 5 nitrogen and oxygen atoms in total. The zero-order valence-electron chi connectivity index (χ0n) is 14.0. The Hall–Kier alpha value is -2.44. The van der Waals surface area contributed by atoms with Gasteiger partial charge in [0.1, 0.15) is 0 Å². The van der Waals surface area contributed by atoms with Crippen LogP contribution in [0.3, 0.4) is 0 Å². The van der Waals surface area contributed by atoms with E-state index in [-0.39, 0.29) is 0 Å². The SMILES string of the molecule is O=C1OC(c2ccccc2Br)=N/C1=C\c1ccc(N2CCOCC2)cc1. The molecule has 2 aliphatic rings. The van der Waals surface area contributed by atoms with Crippen LogP contribution < -0.4 is 4.90 Å². The lowest BCUT2D eigenvalue weighted by Crippen LogP contribution is -2.36. The molecule has 0 unspecified atom stereocenters. The average Bonchev–Trinajstić information content (AvgIpc) is 3.04. The summed E-state index contributed by atoms with van der Waals surface area (Å²) in [6.07, 6.45) is 1.75. The maximum atomic E-state index is 12.1. The number of anilines is 1. The van der Waals surface area contributed by atoms with E-state index in [0.29, 0.717) is 11.6 Å². The van der Waals surface area contributed by atoms with Crippen LogP contribution in [0.4, 0.5) is 5.69 Å². The summed E-state index contributed by atoms with van der Waals surface area (Å²) < 4.78 is 11.5. The number of halogens is 1. The Morgan fingerprint density at radius 2 is 1.77 bits per heavy atom. The number of rotatable bonds is 3. The number of aliphatic imine (C=N–C) groups is 1. The first-order valence-electron chi connectivity index (χ1n) is 8.41. The Labute approximate surface area is 160 Å². The molecule has 0 bridgehead atoms. The van der Waals surface area contributed by atoms with E-state index in [1.807, 2.05) is 36.4 Å². The van der Waals surface area contributed by atoms with Crippen molar-refractivity contribution >= 4 is 39.6 Å². The fourth-order valence-electron chi connectivity index (χ4n) is 2.92. The quantitative estimate of drug-likeness (QED) is 0.570. The van der Waals surface area contributed by atoms with Crippen molar-refractivity contribution in [1.29, 1.82) is 0 Å². The molecule has 2 aliphatic heterocycles. The van der Waals surface area contributed by atoms with Gasteiger partial charge in [-0.1, -0.05) is 24.3 Å². The van der Waals surface area contributed by atoms with Crippen molar-refractivity contribution in [3.05, 3.63) is 69.8 Å². The lowest BCUT2D eigenvalue weighted by atomic mass is 10.1. The molecule has 132 valence electrons. The average molecular weight is 413 g/mol. The standard InChI is InChI=1S/C20H17BrN2O3/c21-17-4-2-1-3-16(17)19-22-18(20(24)26-19)13-14-5-7-15(8-6-14)23-9-11-25-12-10-23/h1-8,13H,9-12H2/b18-13-. The van der Waals surface area contributed by atoms with Crippen LogP contribution in [0.2, 0.25) is 0 Å². The lowest BCUT2D eigenvalue weighted by molar-refractivity contribution is -0.129. The van der Waals surface area contributed by atoms with Gasteiger partial charge in [0.25, 0.3) is 0 Å². The number of hydrogen-bond donors (Lipinski definition) is 0. The lowest BCUT2D eigenvalue weighted by Gasteiger charge is -2.28. The van der Waals surface area contributed by atoms with Crippen LogP contribution in [0.25, 0.3) is 6.08 Å². The van der Waals surface area contributed by atoms with Gasteiger partial charge in [-0.2, -0.15) is 0 Å². The number of carbonyl (C=O) groups excluding carboxylic acids is 1. The van der Waals surface area contributed by atoms with Crippen LogP contribution in [-0.4, -0.2) is 38.2 Å². The Morgan fingerprint density at radius 1 is 1.04 bits per heavy atom. The molecule has 2 heterocycles. The van der Waals surface area contributed by atoms with Crippen LogP contribution in [0, 0.1) is 0 Å². The van der Waals surface area contributed by atoms with Crippen LogP contribution in [-0.2, 0) is 14.3 Å². The van der Waals surface area contributed by atoms with Crippen LogP contribution in [0.1, 0.15) is 11.1 Å². The highest BCUT2D eigenvalue weighted by molar-refractivity contribution is 9.10. The predicted octanol–water partition coefficient (Wildman–Crippen LogP) is 3.63. The first kappa shape index (κ1) is 17.0. The maximum Gasteiger partial charge on any atom is 0.363 e. The number of morpholine rings is 1. The van der Waals surface area contributed by atoms with Crippen LogP contribution >= 0.6 is 15.9 Å². The maximum absolute atomic E-state index is 12.1. The van der Waals surface area contributed by atoms with Gasteiger partial charge in [-0.05, 0) is 51.8 Å². The van der Waals surface area contributed by atoms with Gasteiger partial charge in [0.15, 0.2) is 5.70 Å². The Morgan fingerprint density at radius 3 is 2.50 bits per heavy atom. The highest BCUT2D eigenvalue weighted by Gasteiger charge is 2.25. The zero-order valence-corrected chi connectivity index (χ0v) is 15.6. The normalized spacial score (nSPS) is 18.8. The van der Waals surface area contributed by atoms with Crippen LogP contribution in [0.5, 0.6) is 0 Å². The molecule has 1 fully saturated rings. The summed E-state index contributed by atoms with van der Waals surface area (Å²) >= 11 is 3.45. The molecule has 0 saturated carbocycles. The second-order valence-corrected chi connectivity index (χ2v) is 6.86. The Kier molecular flexibility index (Phi) is 4.86. The van der Waals surface area contributed by atoms with Gasteiger partial charge in [-0.25, -0.2) is 9.79 Å². The number of cyclic esters (lactones) is 1. The van der Waals surface area contributed by atoms with E-state index >= 15 is 0 Å². The second-order valence-electron chi connectivity index (χ2n) is 6.01. The topological polar surface area (TPSA) is 51.1 Å². The minimum absolute atomic E-state index is 0.301. The molecule has 0 spiro atoms. The van der Waals surface area contributed by atoms with E-state index in [9.17, 15) is 4.79 Å². The van der Waals surface area contributed by atoms with Gasteiger partial charge in [-0.3, -0.25) is 0 Å². The van der Waals surface area contributed by atoms with E-state index in [4.69, 9.17) is 9.47 Å². The Balaban J connectivity index is 1.56. The third kappa shape index (κ3) is 3.57. The van der Waals surface area contributed by atoms with Gasteiger partial charge in [0.05, 0.1) is 18.8 Å². The van der Waals surface area contributed by atoms with Crippen molar-refractivity contribution in [1.82, 2.24) is 0 Å². The summed E-state index contributed by atoms with van der Waals surface area (Å²) in [6, 6.07) is 15.6. The van der Waals surface area contributed by atoms with E-state index in [0.717, 1.165) is 47.6 Å². The first-order valence-corrected chi connectivity index (χ1v) is 9.20. The van der Waals surface area contributed by atoms with Gasteiger partial charge in [0, 0.05) is 23.2 Å². The molecule has 0 atom stereocenters. The number of carbonyl (C=O) groups is 1. The Bertz CT molecular complexity index is 884. The number of ether oxygens (including phenoxy) is 2. The van der Waals surface area contributed by atoms with Gasteiger partial charge >= 0.3 is 5.97 Å². The predicted molar refractivity (Wildman–Crippen MR) is 104 cm³/mol. The molecule has 4 rings (SSSR count). The summed E-state index contributed by atoms with van der Waals surface area (Å²) in [7, 11) is 0.